The van der Waals surface area contributed by atoms with Crippen molar-refractivity contribution in [3.05, 3.63) is 58.7 Å². The second-order valence-corrected chi connectivity index (χ2v) is 6.01. The van der Waals surface area contributed by atoms with Crippen molar-refractivity contribution in [1.29, 1.82) is 0 Å². The van der Waals surface area contributed by atoms with Gasteiger partial charge in [-0.2, -0.15) is 0 Å². The van der Waals surface area contributed by atoms with Crippen molar-refractivity contribution < 1.29 is 0 Å². The van der Waals surface area contributed by atoms with Crippen LogP contribution in [0.25, 0.3) is 11.1 Å². The quantitative estimate of drug-likeness (QED) is 0.841. The van der Waals surface area contributed by atoms with E-state index in [0.717, 1.165) is 6.54 Å². The van der Waals surface area contributed by atoms with Crippen molar-refractivity contribution in [2.24, 2.45) is 0 Å². The van der Waals surface area contributed by atoms with E-state index in [1.54, 1.807) is 0 Å². The second-order valence-electron chi connectivity index (χ2n) is 6.01. The molecule has 0 amide bonds. The van der Waals surface area contributed by atoms with Gasteiger partial charge in [0.25, 0.3) is 0 Å². The van der Waals surface area contributed by atoms with E-state index in [1.807, 2.05) is 0 Å². The molecular weight excluding hydrogens is 242 g/mol. The molecule has 0 atom stereocenters. The number of nitrogens with one attached hydrogen (secondary N) is 1. The average Bonchev–Trinajstić information content (AvgIpc) is 2.36. The molecule has 0 saturated heterocycles. The highest BCUT2D eigenvalue weighted by Gasteiger charge is 2.06. The van der Waals surface area contributed by atoms with E-state index < -0.39 is 0 Å². The van der Waals surface area contributed by atoms with Gasteiger partial charge in [-0.15, -0.1) is 0 Å². The molecule has 0 fully saturated rings. The fourth-order valence-electron chi connectivity index (χ4n) is 2.75. The molecular formula is C19H25N. The van der Waals surface area contributed by atoms with Gasteiger partial charge in [0.1, 0.15) is 0 Å². The van der Waals surface area contributed by atoms with Gasteiger partial charge in [-0.25, -0.2) is 0 Å². The Kier molecular flexibility index (Phi) is 4.61. The Morgan fingerprint density at radius 2 is 1.45 bits per heavy atom. The zero-order chi connectivity index (χ0) is 14.7. The Hall–Kier alpha value is -1.60. The molecule has 0 aliphatic carbocycles. The van der Waals surface area contributed by atoms with Crippen LogP contribution in [-0.4, -0.2) is 6.04 Å². The molecule has 0 saturated carbocycles. The summed E-state index contributed by atoms with van der Waals surface area (Å²) in [5.41, 5.74) is 8.07. The van der Waals surface area contributed by atoms with Crippen molar-refractivity contribution in [2.45, 2.75) is 47.2 Å². The number of hydrogen-bond acceptors (Lipinski definition) is 1. The van der Waals surface area contributed by atoms with Crippen LogP contribution in [0, 0.1) is 20.8 Å². The van der Waals surface area contributed by atoms with Gasteiger partial charge in [0.2, 0.25) is 0 Å². The third-order valence-electron chi connectivity index (χ3n) is 3.63. The summed E-state index contributed by atoms with van der Waals surface area (Å²) < 4.78 is 0. The zero-order valence-corrected chi connectivity index (χ0v) is 13.2. The van der Waals surface area contributed by atoms with E-state index in [0.29, 0.717) is 6.04 Å². The van der Waals surface area contributed by atoms with Gasteiger partial charge in [-0.1, -0.05) is 55.8 Å². The van der Waals surface area contributed by atoms with Crippen LogP contribution in [0.2, 0.25) is 0 Å². The molecule has 2 aromatic carbocycles. The lowest BCUT2D eigenvalue weighted by atomic mass is 9.93. The van der Waals surface area contributed by atoms with Crippen molar-refractivity contribution >= 4 is 0 Å². The Morgan fingerprint density at radius 1 is 0.900 bits per heavy atom. The van der Waals surface area contributed by atoms with Crippen LogP contribution in [-0.2, 0) is 6.54 Å². The first-order chi connectivity index (χ1) is 9.47. The highest BCUT2D eigenvalue weighted by Crippen LogP contribution is 2.28. The Bertz CT molecular complexity index is 556. The topological polar surface area (TPSA) is 12.0 Å². The molecule has 0 bridgehead atoms. The summed E-state index contributed by atoms with van der Waals surface area (Å²) in [6.07, 6.45) is 0. The van der Waals surface area contributed by atoms with E-state index in [9.17, 15) is 0 Å². The van der Waals surface area contributed by atoms with Gasteiger partial charge in [-0.3, -0.25) is 0 Å². The summed E-state index contributed by atoms with van der Waals surface area (Å²) in [5, 5.41) is 3.45. The van der Waals surface area contributed by atoms with Gasteiger partial charge < -0.3 is 5.32 Å². The minimum absolute atomic E-state index is 0.524. The summed E-state index contributed by atoms with van der Waals surface area (Å²) in [6.45, 7) is 11.8. The first-order valence-electron chi connectivity index (χ1n) is 7.38. The Labute approximate surface area is 123 Å². The SMILES string of the molecule is Cc1cc(C)c(-c2ccc(CNC(C)C)cc2)c(C)c1. The van der Waals surface area contributed by atoms with Gasteiger partial charge in [0.05, 0.1) is 0 Å². The standard InChI is InChI=1S/C19H25N/c1-13(2)20-12-17-6-8-18(9-7-17)19-15(4)10-14(3)11-16(19)5/h6-11,13,20H,12H2,1-5H3. The number of benzene rings is 2. The predicted molar refractivity (Wildman–Crippen MR) is 88.1 cm³/mol. The lowest BCUT2D eigenvalue weighted by Crippen LogP contribution is -2.21. The smallest absolute Gasteiger partial charge is 0.0207 e. The van der Waals surface area contributed by atoms with Crippen LogP contribution < -0.4 is 5.32 Å². The molecule has 0 radical (unpaired) electrons. The van der Waals surface area contributed by atoms with E-state index >= 15 is 0 Å². The molecule has 1 nitrogen and oxygen atoms in total. The molecule has 1 heteroatoms. The maximum atomic E-state index is 3.45. The Morgan fingerprint density at radius 3 is 1.95 bits per heavy atom. The third-order valence-corrected chi connectivity index (χ3v) is 3.63. The fraction of sp³-hybridized carbons (Fsp3) is 0.368. The van der Waals surface area contributed by atoms with Crippen LogP contribution in [0.3, 0.4) is 0 Å². The van der Waals surface area contributed by atoms with Gasteiger partial charge >= 0.3 is 0 Å². The molecule has 0 heterocycles. The number of rotatable bonds is 4. The molecule has 2 rings (SSSR count). The zero-order valence-electron chi connectivity index (χ0n) is 13.2. The molecule has 0 spiro atoms. The van der Waals surface area contributed by atoms with Crippen molar-refractivity contribution in [2.75, 3.05) is 0 Å². The molecule has 106 valence electrons. The summed E-state index contributed by atoms with van der Waals surface area (Å²) in [4.78, 5) is 0. The van der Waals surface area contributed by atoms with Crippen LogP contribution in [0.1, 0.15) is 36.1 Å². The molecule has 0 unspecified atom stereocenters. The van der Waals surface area contributed by atoms with Crippen molar-refractivity contribution in [1.82, 2.24) is 5.32 Å². The second kappa shape index (κ2) is 6.23. The minimum Gasteiger partial charge on any atom is -0.310 e. The van der Waals surface area contributed by atoms with E-state index in [1.165, 1.54) is 33.4 Å². The van der Waals surface area contributed by atoms with Crippen LogP contribution >= 0.6 is 0 Å². The average molecular weight is 267 g/mol. The predicted octanol–water partition coefficient (Wildman–Crippen LogP) is 4.78. The van der Waals surface area contributed by atoms with Gasteiger partial charge in [0, 0.05) is 12.6 Å². The van der Waals surface area contributed by atoms with Gasteiger partial charge in [0.15, 0.2) is 0 Å². The Balaban J connectivity index is 2.26. The van der Waals surface area contributed by atoms with Crippen LogP contribution in [0.15, 0.2) is 36.4 Å². The lowest BCUT2D eigenvalue weighted by Gasteiger charge is -2.13. The van der Waals surface area contributed by atoms with E-state index in [-0.39, 0.29) is 0 Å². The first-order valence-corrected chi connectivity index (χ1v) is 7.38. The normalized spacial score (nSPS) is 11.1. The molecule has 2 aromatic rings. The monoisotopic (exact) mass is 267 g/mol. The molecule has 0 aliphatic rings. The van der Waals surface area contributed by atoms with Crippen molar-refractivity contribution in [3.63, 3.8) is 0 Å². The maximum absolute atomic E-state index is 3.45. The van der Waals surface area contributed by atoms with Crippen LogP contribution in [0.5, 0.6) is 0 Å². The highest BCUT2D eigenvalue weighted by molar-refractivity contribution is 5.71. The molecule has 20 heavy (non-hydrogen) atoms. The van der Waals surface area contributed by atoms with Crippen molar-refractivity contribution in [3.8, 4) is 11.1 Å². The summed E-state index contributed by atoms with van der Waals surface area (Å²) in [6, 6.07) is 14.0. The third kappa shape index (κ3) is 3.49. The molecule has 1 N–H and O–H groups in total. The first kappa shape index (κ1) is 14.8. The lowest BCUT2D eigenvalue weighted by molar-refractivity contribution is 0.589. The minimum atomic E-state index is 0.524. The van der Waals surface area contributed by atoms with Gasteiger partial charge in [-0.05, 0) is 48.6 Å². The highest BCUT2D eigenvalue weighted by atomic mass is 14.9. The molecule has 0 aromatic heterocycles. The van der Waals surface area contributed by atoms with E-state index in [2.05, 4.69) is 76.3 Å². The fourth-order valence-corrected chi connectivity index (χ4v) is 2.75. The summed E-state index contributed by atoms with van der Waals surface area (Å²) in [7, 11) is 0. The van der Waals surface area contributed by atoms with Crippen LogP contribution in [0.4, 0.5) is 0 Å². The summed E-state index contributed by atoms with van der Waals surface area (Å²) >= 11 is 0. The largest absolute Gasteiger partial charge is 0.310 e. The summed E-state index contributed by atoms with van der Waals surface area (Å²) in [5.74, 6) is 0. The number of hydrogen-bond donors (Lipinski definition) is 1. The number of aryl methyl sites for hydroxylation is 3. The maximum Gasteiger partial charge on any atom is 0.0207 e. The van der Waals surface area contributed by atoms with E-state index in [4.69, 9.17) is 0 Å². The molecule has 0 aliphatic heterocycles.